The molecule has 14 nitrogen and oxygen atoms in total. The van der Waals surface area contributed by atoms with Crippen LogP contribution < -0.4 is 20.1 Å². The maximum absolute atomic E-state index is 13.1. The van der Waals surface area contributed by atoms with Gasteiger partial charge in [-0.1, -0.05) is 33.7 Å². The number of esters is 2. The van der Waals surface area contributed by atoms with Gasteiger partial charge in [0.05, 0.1) is 0 Å². The molecule has 4 aliphatic heterocycles. The van der Waals surface area contributed by atoms with E-state index in [1.807, 2.05) is 12.2 Å². The number of fused-ring (bicyclic) bond motifs is 1. The van der Waals surface area contributed by atoms with Crippen LogP contribution in [0.2, 0.25) is 0 Å². The molecule has 2 fully saturated rings. The molecule has 2 bridgehead atoms. The Labute approximate surface area is 389 Å². The molecule has 2 unspecified atom stereocenters. The van der Waals surface area contributed by atoms with E-state index in [1.165, 1.54) is 13.8 Å². The van der Waals surface area contributed by atoms with Gasteiger partial charge >= 0.3 is 11.9 Å². The number of hydrogen-bond acceptors (Lipinski definition) is 14. The van der Waals surface area contributed by atoms with Crippen molar-refractivity contribution in [3.8, 4) is 23.0 Å². The van der Waals surface area contributed by atoms with Gasteiger partial charge in [0, 0.05) is 97.2 Å². The molecule has 0 radical (unpaired) electrons. The summed E-state index contributed by atoms with van der Waals surface area (Å²) in [5, 5.41) is 28.7. The molecule has 10 atom stereocenters. The van der Waals surface area contributed by atoms with Gasteiger partial charge in [0.1, 0.15) is 12.2 Å². The minimum Gasteiger partial charge on any atom is -0.504 e. The monoisotopic (exact) mass is 930 g/mol. The molecule has 65 heavy (non-hydrogen) atoms. The van der Waals surface area contributed by atoms with Crippen LogP contribution in [0.1, 0.15) is 79.8 Å². The summed E-state index contributed by atoms with van der Waals surface area (Å²) >= 11 is 0. The van der Waals surface area contributed by atoms with Gasteiger partial charge in [-0.25, -0.2) is 0 Å². The third-order valence-corrected chi connectivity index (χ3v) is 18.0. The molecule has 9 rings (SSSR count). The fraction of sp³-hybridized carbons (Fsp3) is 0.592. The third kappa shape index (κ3) is 7.87. The Bertz CT molecular complexity index is 2320. The summed E-state index contributed by atoms with van der Waals surface area (Å²) in [4.78, 5) is 55.0. The summed E-state index contributed by atoms with van der Waals surface area (Å²) in [6.07, 6.45) is 10.2. The van der Waals surface area contributed by atoms with Crippen molar-refractivity contribution >= 4 is 45.3 Å². The number of piperidine rings is 2. The lowest BCUT2D eigenvalue weighted by Gasteiger charge is -2.56. The predicted octanol–water partition coefficient (Wildman–Crippen LogP) is 4.80. The highest BCUT2D eigenvalue weighted by molar-refractivity contribution is 8.76. The zero-order chi connectivity index (χ0) is 45.9. The van der Waals surface area contributed by atoms with E-state index in [9.17, 15) is 29.4 Å². The van der Waals surface area contributed by atoms with Gasteiger partial charge in [-0.3, -0.25) is 19.2 Å². The number of aryl methyl sites for hydroxylation is 2. The second-order valence-electron chi connectivity index (χ2n) is 19.1. The number of benzene rings is 2. The van der Waals surface area contributed by atoms with E-state index in [-0.39, 0.29) is 72.0 Å². The smallest absolute Gasteiger partial charge is 0.303 e. The lowest BCUT2D eigenvalue weighted by Crippen LogP contribution is -2.65. The van der Waals surface area contributed by atoms with Crippen molar-refractivity contribution in [3.05, 3.63) is 69.8 Å². The molecule has 3 aliphatic carbocycles. The number of phenolic OH excluding ortho intramolecular Hbond substituents is 2. The molecule has 2 saturated heterocycles. The molecule has 2 spiro atoms. The van der Waals surface area contributed by atoms with Crippen LogP contribution >= 0.6 is 21.6 Å². The molecule has 16 heteroatoms. The van der Waals surface area contributed by atoms with Crippen LogP contribution in [-0.2, 0) is 58.7 Å². The molecule has 4 heterocycles. The second kappa shape index (κ2) is 18.0. The van der Waals surface area contributed by atoms with Crippen LogP contribution in [0, 0.1) is 18.8 Å². The van der Waals surface area contributed by atoms with E-state index >= 15 is 0 Å². The van der Waals surface area contributed by atoms with Crippen LogP contribution in [0.4, 0.5) is 0 Å². The van der Waals surface area contributed by atoms with Gasteiger partial charge in [-0.2, -0.15) is 0 Å². The Morgan fingerprint density at radius 2 is 1.26 bits per heavy atom. The van der Waals surface area contributed by atoms with E-state index in [0.29, 0.717) is 48.9 Å². The van der Waals surface area contributed by atoms with Gasteiger partial charge in [-0.15, -0.1) is 0 Å². The van der Waals surface area contributed by atoms with E-state index in [4.69, 9.17) is 18.9 Å². The van der Waals surface area contributed by atoms with Crippen LogP contribution in [0.3, 0.4) is 0 Å². The first-order valence-electron chi connectivity index (χ1n) is 23.1. The first kappa shape index (κ1) is 45.8. The van der Waals surface area contributed by atoms with Crippen molar-refractivity contribution in [3.63, 3.8) is 0 Å². The second-order valence-corrected chi connectivity index (χ2v) is 21.8. The maximum Gasteiger partial charge on any atom is 0.303 e. The number of likely N-dealkylation sites (tertiary alicyclic amines) is 2. The lowest BCUT2D eigenvalue weighted by atomic mass is 9.53. The van der Waals surface area contributed by atoms with Crippen LogP contribution in [0.5, 0.6) is 23.0 Å². The summed E-state index contributed by atoms with van der Waals surface area (Å²) in [5.74, 6) is 1.89. The fourth-order valence-electron chi connectivity index (χ4n) is 12.6. The molecule has 7 aliphatic rings. The number of aromatic hydroxyl groups is 2. The summed E-state index contributed by atoms with van der Waals surface area (Å²) in [6, 6.07) is 3.92. The maximum atomic E-state index is 13.1. The number of hydrogen-bond donors (Lipinski definition) is 4. The average molecular weight is 931 g/mol. The van der Waals surface area contributed by atoms with Gasteiger partial charge in [0.25, 0.3) is 0 Å². The summed E-state index contributed by atoms with van der Waals surface area (Å²) in [6.45, 7) is 9.80. The highest BCUT2D eigenvalue weighted by atomic mass is 33.1. The molecule has 4 N–H and O–H groups in total. The van der Waals surface area contributed by atoms with E-state index in [1.54, 1.807) is 33.7 Å². The topological polar surface area (TPSA) is 176 Å². The molecule has 2 aromatic rings. The van der Waals surface area contributed by atoms with Crippen molar-refractivity contribution in [2.24, 2.45) is 11.8 Å². The van der Waals surface area contributed by atoms with Crippen molar-refractivity contribution in [1.82, 2.24) is 20.4 Å². The average Bonchev–Trinajstić information content (AvgIpc) is 3.81. The van der Waals surface area contributed by atoms with Gasteiger partial charge < -0.3 is 49.6 Å². The number of carbonyl (C=O) groups is 4. The van der Waals surface area contributed by atoms with Crippen molar-refractivity contribution in [2.45, 2.75) is 120 Å². The number of ether oxygens (including phenoxy) is 4. The Morgan fingerprint density at radius 3 is 1.85 bits per heavy atom. The van der Waals surface area contributed by atoms with Gasteiger partial charge in [0.2, 0.25) is 11.8 Å². The molecule has 2 aromatic carbocycles. The van der Waals surface area contributed by atoms with Crippen molar-refractivity contribution < 1.29 is 48.3 Å². The number of phenols is 2. The third-order valence-electron chi connectivity index (χ3n) is 15.6. The number of carbonyl (C=O) groups excluding carboxylic acids is 4. The SMILES string of the molecule is CC(=O)O[C@H]1C=CC2[C@@H](C)N(C)CC[C@@]23c2c(C)c(CCC(=O)NCCSSCCNC(=O)CCc4cc(O)c5c6c4C[C@H]4C7C=C[C@@H](OC(C)=O)[C@@H](O5)[C@@]67CCN4C)cc(O)c2O[C@@H]13. The van der Waals surface area contributed by atoms with E-state index in [2.05, 4.69) is 60.5 Å². The number of nitrogens with zero attached hydrogens (tertiary/aromatic N) is 2. The number of nitrogens with one attached hydrogen (secondary N) is 2. The number of amides is 2. The largest absolute Gasteiger partial charge is 0.504 e. The number of likely N-dealkylation sites (N-methyl/N-ethyl adjacent to an activating group) is 1. The quantitative estimate of drug-likeness (QED) is 0.0830. The van der Waals surface area contributed by atoms with Crippen molar-refractivity contribution in [1.29, 1.82) is 0 Å². The Morgan fingerprint density at radius 1 is 0.754 bits per heavy atom. The molecule has 0 aromatic heterocycles. The van der Waals surface area contributed by atoms with Crippen LogP contribution in [-0.4, -0.2) is 132 Å². The van der Waals surface area contributed by atoms with Gasteiger partial charge in [-0.05, 0) is 120 Å². The van der Waals surface area contributed by atoms with Crippen LogP contribution in [0.15, 0.2) is 36.4 Å². The number of rotatable bonds is 15. The van der Waals surface area contributed by atoms with E-state index in [0.717, 1.165) is 65.7 Å². The Kier molecular flexibility index (Phi) is 12.7. The predicted molar refractivity (Wildman–Crippen MR) is 249 cm³/mol. The fourth-order valence-corrected chi connectivity index (χ4v) is 14.5. The molecular weight excluding hydrogens is 869 g/mol. The zero-order valence-corrected chi connectivity index (χ0v) is 39.8. The first-order valence-corrected chi connectivity index (χ1v) is 25.6. The summed E-state index contributed by atoms with van der Waals surface area (Å²) in [7, 11) is 7.56. The molecule has 350 valence electrons. The Hall–Kier alpha value is -4.38. The highest BCUT2D eigenvalue weighted by Crippen LogP contribution is 2.64. The normalized spacial score (nSPS) is 31.1. The molecule has 0 saturated carbocycles. The highest BCUT2D eigenvalue weighted by Gasteiger charge is 2.66. The van der Waals surface area contributed by atoms with Crippen molar-refractivity contribution in [2.75, 3.05) is 51.8 Å². The minimum atomic E-state index is -0.567. The van der Waals surface area contributed by atoms with Crippen LogP contribution in [0.25, 0.3) is 0 Å². The summed E-state index contributed by atoms with van der Waals surface area (Å²) in [5.41, 5.74) is 5.15. The zero-order valence-electron chi connectivity index (χ0n) is 38.1. The first-order chi connectivity index (χ1) is 31.1. The van der Waals surface area contributed by atoms with Gasteiger partial charge in [0.15, 0.2) is 35.2 Å². The lowest BCUT2D eigenvalue weighted by molar-refractivity contribution is -0.153. The molecular formula is C49H62N4O10S2. The summed E-state index contributed by atoms with van der Waals surface area (Å²) < 4.78 is 24.5. The molecule has 2 amide bonds. The minimum absolute atomic E-state index is 0.0476. The van der Waals surface area contributed by atoms with E-state index < -0.39 is 35.2 Å². The Balaban J connectivity index is 0.727. The standard InChI is InChI=1S/C49H62N4O10S2/c1-26-30(23-36(56)44-42(26)48-15-19-52(5)27(2)33(48)9-11-38(46(48)62-44)60-28(3)54)7-13-40(58)50-17-21-64-65-22-18-51-41(59)14-8-31-24-37(57)45-43-32(31)25-35-34-10-12-39(61-29(4)55)47(63-45)49(34,43)16-20-53(35)6/h9-12,23-24,27,33-35,38-39,46-47,56-57H,7-8,13-22,25H2,1-6H3,(H,50,58)(H,51,59)/t27-,33?,34?,35+,38+,39-,46+,47-,48+,49-/m1/s1.